The van der Waals surface area contributed by atoms with E-state index < -0.39 is 6.04 Å². The molecule has 31 heavy (non-hydrogen) atoms. The highest BCUT2D eigenvalue weighted by molar-refractivity contribution is 7.10. The summed E-state index contributed by atoms with van der Waals surface area (Å²) in [6.45, 7) is 2.24. The van der Waals surface area contributed by atoms with Crippen LogP contribution >= 0.6 is 22.9 Å². The zero-order valence-electron chi connectivity index (χ0n) is 17.3. The fraction of sp³-hybridized carbons (Fsp3) is 0.435. The molecule has 0 bridgehead atoms. The van der Waals surface area contributed by atoms with Crippen LogP contribution < -0.4 is 0 Å². The molecule has 1 atom stereocenters. The summed E-state index contributed by atoms with van der Waals surface area (Å²) in [5.74, 6) is -0.286. The molecule has 6 nitrogen and oxygen atoms in total. The first-order chi connectivity index (χ1) is 14.8. The number of hydrogen-bond donors (Lipinski definition) is 0. The average molecular weight is 459 g/mol. The molecule has 0 aromatic carbocycles. The number of aryl methyl sites for hydroxylation is 2. The molecule has 162 valence electrons. The Morgan fingerprint density at radius 1 is 1.29 bits per heavy atom. The smallest absolute Gasteiger partial charge is 0.255 e. The number of hydrogen-bond acceptors (Lipinski definition) is 6. The third-order valence-corrected chi connectivity index (χ3v) is 7.43. The Morgan fingerprint density at radius 2 is 2.10 bits per heavy atom. The largest absolute Gasteiger partial charge is 0.324 e. The van der Waals surface area contributed by atoms with E-state index >= 15 is 0 Å². The lowest BCUT2D eigenvalue weighted by atomic mass is 10.1. The van der Waals surface area contributed by atoms with E-state index in [2.05, 4.69) is 4.98 Å². The number of rotatable bonds is 6. The van der Waals surface area contributed by atoms with Crippen LogP contribution in [0.2, 0.25) is 5.15 Å². The Morgan fingerprint density at radius 3 is 2.87 bits per heavy atom. The van der Waals surface area contributed by atoms with E-state index in [0.717, 1.165) is 16.0 Å². The zero-order chi connectivity index (χ0) is 22.1. The third kappa shape index (κ3) is 4.62. The van der Waals surface area contributed by atoms with E-state index in [1.165, 1.54) is 11.3 Å². The summed E-state index contributed by atoms with van der Waals surface area (Å²) in [6.07, 6.45) is 2.61. The normalized spacial score (nSPS) is 19.0. The lowest BCUT2D eigenvalue weighted by Crippen LogP contribution is -2.41. The van der Waals surface area contributed by atoms with Gasteiger partial charge >= 0.3 is 0 Å². The van der Waals surface area contributed by atoms with Crippen LogP contribution in [0.3, 0.4) is 0 Å². The standard InChI is InChI=1S/C23H23ClN2O4S/c1-13-5-6-14(25-22(13)24)9-16(28)7-8-21-17-11-26(23(30)18(17)12-31-21)19-4-2-3-15(27)10-20(19)29/h5-6,12,19H,2-4,7-11H2,1H3/t19-/m0/s1. The van der Waals surface area contributed by atoms with Crippen molar-refractivity contribution in [1.82, 2.24) is 9.88 Å². The number of thiophene rings is 1. The highest BCUT2D eigenvalue weighted by Crippen LogP contribution is 2.35. The lowest BCUT2D eigenvalue weighted by molar-refractivity contribution is -0.128. The van der Waals surface area contributed by atoms with E-state index in [0.29, 0.717) is 55.1 Å². The molecule has 1 saturated carbocycles. The predicted molar refractivity (Wildman–Crippen MR) is 117 cm³/mol. The van der Waals surface area contributed by atoms with Crippen molar-refractivity contribution >= 4 is 46.2 Å². The van der Waals surface area contributed by atoms with Gasteiger partial charge in [0.25, 0.3) is 5.91 Å². The number of ketones is 3. The topological polar surface area (TPSA) is 84.4 Å². The molecule has 0 unspecified atom stereocenters. The van der Waals surface area contributed by atoms with Gasteiger partial charge in [0.05, 0.1) is 18.0 Å². The number of amides is 1. The van der Waals surface area contributed by atoms with Gasteiger partial charge in [-0.05, 0) is 43.4 Å². The van der Waals surface area contributed by atoms with Crippen molar-refractivity contribution in [3.63, 3.8) is 0 Å². The molecule has 2 aromatic rings. The van der Waals surface area contributed by atoms with Crippen molar-refractivity contribution in [2.45, 2.75) is 64.5 Å². The van der Waals surface area contributed by atoms with Gasteiger partial charge in [-0.15, -0.1) is 11.3 Å². The van der Waals surface area contributed by atoms with Crippen LogP contribution in [0.25, 0.3) is 0 Å². The number of nitrogens with zero attached hydrogens (tertiary/aromatic N) is 2. The maximum Gasteiger partial charge on any atom is 0.255 e. The number of Topliss-reactive ketones (excluding diaryl/α,β-unsaturated/α-hetero) is 3. The molecule has 0 N–H and O–H groups in total. The summed E-state index contributed by atoms with van der Waals surface area (Å²) in [6, 6.07) is 3.14. The second-order valence-electron chi connectivity index (χ2n) is 8.20. The van der Waals surface area contributed by atoms with Crippen LogP contribution in [0.15, 0.2) is 17.5 Å². The molecule has 4 rings (SSSR count). The quantitative estimate of drug-likeness (QED) is 0.372. The monoisotopic (exact) mass is 458 g/mol. The van der Waals surface area contributed by atoms with Gasteiger partial charge in [0.1, 0.15) is 16.7 Å². The Balaban J connectivity index is 1.40. The van der Waals surface area contributed by atoms with Crippen molar-refractivity contribution in [1.29, 1.82) is 0 Å². The molecule has 8 heteroatoms. The van der Waals surface area contributed by atoms with Crippen molar-refractivity contribution in [2.24, 2.45) is 0 Å². The summed E-state index contributed by atoms with van der Waals surface area (Å²) >= 11 is 7.53. The van der Waals surface area contributed by atoms with Gasteiger partial charge in [0.15, 0.2) is 5.78 Å². The average Bonchev–Trinajstić information content (AvgIpc) is 3.21. The van der Waals surface area contributed by atoms with Gasteiger partial charge in [-0.2, -0.15) is 0 Å². The maximum atomic E-state index is 12.9. The van der Waals surface area contributed by atoms with Gasteiger partial charge in [0, 0.05) is 41.8 Å². The SMILES string of the molecule is Cc1ccc(CC(=O)CCc2scc3c2CN([C@H]2CCCC(=O)CC2=O)C3=O)nc1Cl. The lowest BCUT2D eigenvalue weighted by Gasteiger charge is -2.25. The molecule has 1 amide bonds. The van der Waals surface area contributed by atoms with Gasteiger partial charge in [-0.25, -0.2) is 4.98 Å². The highest BCUT2D eigenvalue weighted by Gasteiger charge is 2.39. The number of aromatic nitrogens is 1. The molecule has 2 aromatic heterocycles. The maximum absolute atomic E-state index is 12.9. The van der Waals surface area contributed by atoms with Crippen LogP contribution in [-0.4, -0.2) is 39.2 Å². The molecule has 1 aliphatic carbocycles. The minimum Gasteiger partial charge on any atom is -0.324 e. The first kappa shape index (κ1) is 21.8. The molecule has 0 radical (unpaired) electrons. The summed E-state index contributed by atoms with van der Waals surface area (Å²) < 4.78 is 0. The number of pyridine rings is 1. The number of fused-ring (bicyclic) bond motifs is 1. The fourth-order valence-corrected chi connectivity index (χ4v) is 5.41. The number of carbonyl (C=O) groups excluding carboxylic acids is 4. The van der Waals surface area contributed by atoms with Crippen molar-refractivity contribution in [2.75, 3.05) is 0 Å². The van der Waals surface area contributed by atoms with E-state index in [9.17, 15) is 19.2 Å². The predicted octanol–water partition coefficient (Wildman–Crippen LogP) is 3.89. The highest BCUT2D eigenvalue weighted by atomic mass is 35.5. The minimum absolute atomic E-state index is 0.0446. The first-order valence-electron chi connectivity index (χ1n) is 10.4. The Hall–Kier alpha value is -2.38. The van der Waals surface area contributed by atoms with E-state index in [4.69, 9.17) is 11.6 Å². The summed E-state index contributed by atoms with van der Waals surface area (Å²) in [5, 5.41) is 2.24. The molecule has 1 aliphatic heterocycles. The molecular formula is C23H23ClN2O4S. The van der Waals surface area contributed by atoms with Crippen LogP contribution in [0.5, 0.6) is 0 Å². The molecule has 0 saturated heterocycles. The molecular weight excluding hydrogens is 436 g/mol. The van der Waals surface area contributed by atoms with Crippen molar-refractivity contribution in [3.8, 4) is 0 Å². The van der Waals surface area contributed by atoms with Gasteiger partial charge < -0.3 is 4.90 Å². The van der Waals surface area contributed by atoms with Gasteiger partial charge in [-0.3, -0.25) is 19.2 Å². The molecule has 2 aliphatic rings. The number of carbonyl (C=O) groups is 4. The third-order valence-electron chi connectivity index (χ3n) is 5.96. The van der Waals surface area contributed by atoms with E-state index in [1.54, 1.807) is 4.90 Å². The van der Waals surface area contributed by atoms with Gasteiger partial charge in [-0.1, -0.05) is 17.7 Å². The zero-order valence-corrected chi connectivity index (χ0v) is 18.9. The van der Waals surface area contributed by atoms with Crippen molar-refractivity contribution in [3.05, 3.63) is 49.9 Å². The first-order valence-corrected chi connectivity index (χ1v) is 11.7. The van der Waals surface area contributed by atoms with Crippen LogP contribution in [-0.2, 0) is 33.8 Å². The van der Waals surface area contributed by atoms with Crippen LogP contribution in [0.4, 0.5) is 0 Å². The number of halogens is 1. The van der Waals surface area contributed by atoms with Crippen molar-refractivity contribution < 1.29 is 19.2 Å². The molecule has 1 fully saturated rings. The van der Waals surface area contributed by atoms with Crippen LogP contribution in [0.1, 0.15) is 64.2 Å². The van der Waals surface area contributed by atoms with Gasteiger partial charge in [0.2, 0.25) is 0 Å². The van der Waals surface area contributed by atoms with E-state index in [1.807, 2.05) is 24.4 Å². The molecule has 0 spiro atoms. The second-order valence-corrected chi connectivity index (χ2v) is 9.52. The van der Waals surface area contributed by atoms with E-state index in [-0.39, 0.29) is 36.1 Å². The fourth-order valence-electron chi connectivity index (χ4n) is 4.20. The molecule has 3 heterocycles. The Bertz CT molecular complexity index is 1080. The Kier molecular flexibility index (Phi) is 6.34. The summed E-state index contributed by atoms with van der Waals surface area (Å²) in [4.78, 5) is 56.4. The minimum atomic E-state index is -0.525. The summed E-state index contributed by atoms with van der Waals surface area (Å²) in [5.41, 5.74) is 3.07. The summed E-state index contributed by atoms with van der Waals surface area (Å²) in [7, 11) is 0. The van der Waals surface area contributed by atoms with Crippen LogP contribution in [0, 0.1) is 6.92 Å². The second kappa shape index (κ2) is 9.01. The Labute approximate surface area is 189 Å².